The first-order valence-electron chi connectivity index (χ1n) is 11.1. The fourth-order valence-corrected chi connectivity index (χ4v) is 5.13. The van der Waals surface area contributed by atoms with Crippen LogP contribution in [0.1, 0.15) is 55.7 Å². The third-order valence-corrected chi connectivity index (χ3v) is 6.93. The van der Waals surface area contributed by atoms with Crippen molar-refractivity contribution in [3.8, 4) is 0 Å². The fraction of sp³-hybridized carbons (Fsp3) is 0.522. The van der Waals surface area contributed by atoms with Crippen LogP contribution in [0.4, 0.5) is 5.82 Å². The minimum atomic E-state index is 0.277. The number of aromatic nitrogens is 4. The molecule has 0 amide bonds. The number of hydrogen-bond donors (Lipinski definition) is 1. The molecule has 158 valence electrons. The molecule has 7 heteroatoms. The number of nitrogens with one attached hydrogen (secondary N) is 1. The van der Waals surface area contributed by atoms with E-state index in [0.717, 1.165) is 42.4 Å². The second kappa shape index (κ2) is 8.52. The summed E-state index contributed by atoms with van der Waals surface area (Å²) in [4.78, 5) is 13.6. The van der Waals surface area contributed by atoms with Crippen molar-refractivity contribution in [2.75, 3.05) is 18.5 Å². The number of benzene rings is 1. The van der Waals surface area contributed by atoms with E-state index in [9.17, 15) is 0 Å². The molecule has 2 aromatic heterocycles. The number of imidazole rings is 1. The summed E-state index contributed by atoms with van der Waals surface area (Å²) in [5.41, 5.74) is 8.02. The van der Waals surface area contributed by atoms with Crippen LogP contribution < -0.4 is 5.43 Å². The van der Waals surface area contributed by atoms with Crippen LogP contribution in [0.15, 0.2) is 30.6 Å². The Labute approximate surface area is 182 Å². The lowest BCUT2D eigenvalue weighted by Gasteiger charge is -2.32. The highest BCUT2D eigenvalue weighted by Crippen LogP contribution is 2.33. The molecular formula is C23H29ClN6. The van der Waals surface area contributed by atoms with Gasteiger partial charge in [0.1, 0.15) is 0 Å². The smallest absolute Gasteiger partial charge is 0.226 e. The Morgan fingerprint density at radius 2 is 1.83 bits per heavy atom. The van der Waals surface area contributed by atoms with Crippen LogP contribution in [0.2, 0.25) is 5.28 Å². The molecule has 5 rings (SSSR count). The van der Waals surface area contributed by atoms with Crippen LogP contribution >= 0.6 is 11.6 Å². The second-order valence-corrected chi connectivity index (χ2v) is 9.11. The van der Waals surface area contributed by atoms with E-state index in [2.05, 4.69) is 61.1 Å². The molecule has 1 aliphatic carbocycles. The maximum absolute atomic E-state index is 6.28. The number of hydrogen-bond acceptors (Lipinski definition) is 5. The molecule has 0 radical (unpaired) electrons. The van der Waals surface area contributed by atoms with Crippen molar-refractivity contribution in [3.63, 3.8) is 0 Å². The molecule has 0 unspecified atom stereocenters. The standard InChI is InChI=1S/C23H29ClN6/c1-16-6-2-3-7-18(16)14-17-10-12-29(13-11-17)28-21-20-22(27-23(24)26-21)30(15-25-20)19-8-4-5-9-19/h2-3,6-7,15,17,19H,4-5,8-14H2,1H3,(H,26,27,28). The summed E-state index contributed by atoms with van der Waals surface area (Å²) in [6.45, 7) is 4.19. The molecule has 0 spiro atoms. The van der Waals surface area contributed by atoms with E-state index in [1.54, 1.807) is 0 Å². The molecule has 1 aliphatic heterocycles. The van der Waals surface area contributed by atoms with Gasteiger partial charge in [0, 0.05) is 19.1 Å². The summed E-state index contributed by atoms with van der Waals surface area (Å²) in [6, 6.07) is 9.22. The SMILES string of the molecule is Cc1ccccc1CC1CCN(Nc2nc(Cl)nc3c2ncn3C2CCCC2)CC1. The molecule has 3 heterocycles. The van der Waals surface area contributed by atoms with Gasteiger partial charge in [0.25, 0.3) is 0 Å². The fourth-order valence-electron chi connectivity index (χ4n) is 4.97. The van der Waals surface area contributed by atoms with Gasteiger partial charge >= 0.3 is 0 Å². The number of halogens is 1. The lowest BCUT2D eigenvalue weighted by atomic mass is 9.89. The predicted molar refractivity (Wildman–Crippen MR) is 121 cm³/mol. The van der Waals surface area contributed by atoms with Crippen molar-refractivity contribution in [2.24, 2.45) is 5.92 Å². The topological polar surface area (TPSA) is 58.9 Å². The number of rotatable bonds is 5. The zero-order valence-electron chi connectivity index (χ0n) is 17.5. The summed E-state index contributed by atoms with van der Waals surface area (Å²) in [6.07, 6.45) is 10.3. The van der Waals surface area contributed by atoms with Gasteiger partial charge in [0.2, 0.25) is 5.28 Å². The van der Waals surface area contributed by atoms with Crippen LogP contribution in [0.3, 0.4) is 0 Å². The maximum atomic E-state index is 6.28. The van der Waals surface area contributed by atoms with Crippen molar-refractivity contribution in [2.45, 2.75) is 57.9 Å². The van der Waals surface area contributed by atoms with E-state index in [0.29, 0.717) is 6.04 Å². The molecule has 0 bridgehead atoms. The Morgan fingerprint density at radius 3 is 2.60 bits per heavy atom. The maximum Gasteiger partial charge on any atom is 0.226 e. The zero-order chi connectivity index (χ0) is 20.5. The van der Waals surface area contributed by atoms with E-state index in [1.807, 2.05) is 6.33 Å². The predicted octanol–water partition coefficient (Wildman–Crippen LogP) is 5.18. The molecule has 0 atom stereocenters. The number of anilines is 1. The molecule has 1 aromatic carbocycles. The van der Waals surface area contributed by atoms with Crippen molar-refractivity contribution in [1.82, 2.24) is 24.5 Å². The summed E-state index contributed by atoms with van der Waals surface area (Å²) >= 11 is 6.28. The lowest BCUT2D eigenvalue weighted by molar-refractivity contribution is 0.216. The molecule has 2 fully saturated rings. The van der Waals surface area contributed by atoms with Gasteiger partial charge in [-0.15, -0.1) is 0 Å². The van der Waals surface area contributed by atoms with Crippen LogP contribution in [0, 0.1) is 12.8 Å². The molecule has 1 N–H and O–H groups in total. The van der Waals surface area contributed by atoms with Crippen molar-refractivity contribution >= 4 is 28.6 Å². The first-order valence-corrected chi connectivity index (χ1v) is 11.5. The van der Waals surface area contributed by atoms with Gasteiger partial charge in [-0.2, -0.15) is 9.97 Å². The summed E-state index contributed by atoms with van der Waals surface area (Å²) in [7, 11) is 0. The molecule has 30 heavy (non-hydrogen) atoms. The average molecular weight is 425 g/mol. The average Bonchev–Trinajstić information content (AvgIpc) is 3.41. The highest BCUT2D eigenvalue weighted by molar-refractivity contribution is 6.28. The zero-order valence-corrected chi connectivity index (χ0v) is 18.3. The molecule has 6 nitrogen and oxygen atoms in total. The van der Waals surface area contributed by atoms with Gasteiger partial charge in [-0.1, -0.05) is 37.1 Å². The van der Waals surface area contributed by atoms with Crippen LogP contribution in [-0.4, -0.2) is 37.6 Å². The summed E-state index contributed by atoms with van der Waals surface area (Å²) in [5.74, 6) is 1.44. The van der Waals surface area contributed by atoms with Crippen LogP contribution in [0.5, 0.6) is 0 Å². The Bertz CT molecular complexity index is 1020. The van der Waals surface area contributed by atoms with E-state index in [4.69, 9.17) is 11.6 Å². The minimum absolute atomic E-state index is 0.277. The Kier molecular flexibility index (Phi) is 5.61. The molecule has 1 saturated carbocycles. The van der Waals surface area contributed by atoms with E-state index in [-0.39, 0.29) is 5.28 Å². The molecule has 3 aromatic rings. The van der Waals surface area contributed by atoms with E-state index >= 15 is 0 Å². The first-order chi connectivity index (χ1) is 14.7. The number of fused-ring (bicyclic) bond motifs is 1. The van der Waals surface area contributed by atoms with Gasteiger partial charge in [-0.05, 0) is 67.7 Å². The van der Waals surface area contributed by atoms with Gasteiger partial charge < -0.3 is 9.99 Å². The van der Waals surface area contributed by atoms with Crippen molar-refractivity contribution < 1.29 is 0 Å². The summed E-state index contributed by atoms with van der Waals surface area (Å²) in [5, 5.41) is 2.53. The second-order valence-electron chi connectivity index (χ2n) is 8.78. The van der Waals surface area contributed by atoms with Gasteiger partial charge in [0.05, 0.1) is 6.33 Å². The van der Waals surface area contributed by atoms with Crippen molar-refractivity contribution in [1.29, 1.82) is 0 Å². The quantitative estimate of drug-likeness (QED) is 0.571. The molecule has 1 saturated heterocycles. The van der Waals surface area contributed by atoms with E-state index < -0.39 is 0 Å². The monoisotopic (exact) mass is 424 g/mol. The third-order valence-electron chi connectivity index (χ3n) is 6.76. The number of piperidine rings is 1. The van der Waals surface area contributed by atoms with Gasteiger partial charge in [-0.25, -0.2) is 9.99 Å². The van der Waals surface area contributed by atoms with Crippen LogP contribution in [0.25, 0.3) is 11.2 Å². The Balaban J connectivity index is 1.27. The normalized spacial score (nSPS) is 19.0. The van der Waals surface area contributed by atoms with Crippen LogP contribution in [-0.2, 0) is 6.42 Å². The number of nitrogens with zero attached hydrogens (tertiary/aromatic N) is 5. The largest absolute Gasteiger partial charge is 0.312 e. The van der Waals surface area contributed by atoms with E-state index in [1.165, 1.54) is 49.7 Å². The van der Waals surface area contributed by atoms with Gasteiger partial charge in [0.15, 0.2) is 17.0 Å². The van der Waals surface area contributed by atoms with Crippen molar-refractivity contribution in [3.05, 3.63) is 47.0 Å². The molecule has 2 aliphatic rings. The molecular weight excluding hydrogens is 396 g/mol. The summed E-state index contributed by atoms with van der Waals surface area (Å²) < 4.78 is 2.19. The first kappa shape index (κ1) is 19.8. The Hall–Kier alpha value is -2.18. The minimum Gasteiger partial charge on any atom is -0.312 e. The Morgan fingerprint density at radius 1 is 1.07 bits per heavy atom. The number of hydrazine groups is 1. The number of aryl methyl sites for hydroxylation is 1. The highest BCUT2D eigenvalue weighted by atomic mass is 35.5. The third kappa shape index (κ3) is 4.03. The lowest BCUT2D eigenvalue weighted by Crippen LogP contribution is -2.38. The van der Waals surface area contributed by atoms with Gasteiger partial charge in [-0.3, -0.25) is 0 Å². The highest BCUT2D eigenvalue weighted by Gasteiger charge is 2.24.